The van der Waals surface area contributed by atoms with Crippen LogP contribution in [0.1, 0.15) is 30.1 Å². The Morgan fingerprint density at radius 3 is 2.94 bits per heavy atom. The van der Waals surface area contributed by atoms with Crippen molar-refractivity contribution < 1.29 is 9.90 Å². The Morgan fingerprint density at radius 2 is 2.15 bits per heavy atom. The average molecular weight is 465 g/mol. The van der Waals surface area contributed by atoms with E-state index in [9.17, 15) is 9.90 Å². The van der Waals surface area contributed by atoms with E-state index in [1.807, 2.05) is 30.5 Å². The van der Waals surface area contributed by atoms with Crippen LogP contribution in [0.3, 0.4) is 0 Å². The third kappa shape index (κ3) is 4.50. The highest BCUT2D eigenvalue weighted by atomic mass is 32.1. The van der Waals surface area contributed by atoms with E-state index >= 15 is 0 Å². The van der Waals surface area contributed by atoms with Crippen LogP contribution in [0, 0.1) is 0 Å². The van der Waals surface area contributed by atoms with Gasteiger partial charge in [-0.05, 0) is 38.5 Å². The second-order valence-corrected chi connectivity index (χ2v) is 9.24. The van der Waals surface area contributed by atoms with Gasteiger partial charge in [0.05, 0.1) is 17.2 Å². The lowest BCUT2D eigenvalue weighted by atomic mass is 10.2. The van der Waals surface area contributed by atoms with Gasteiger partial charge in [-0.1, -0.05) is 11.3 Å². The van der Waals surface area contributed by atoms with Gasteiger partial charge < -0.3 is 20.6 Å². The maximum absolute atomic E-state index is 12.7. The van der Waals surface area contributed by atoms with Crippen molar-refractivity contribution in [3.8, 4) is 10.6 Å². The van der Waals surface area contributed by atoms with Gasteiger partial charge in [0, 0.05) is 55.2 Å². The van der Waals surface area contributed by atoms with E-state index in [0.717, 1.165) is 22.5 Å². The van der Waals surface area contributed by atoms with Crippen molar-refractivity contribution in [2.24, 2.45) is 0 Å². The van der Waals surface area contributed by atoms with E-state index in [0.29, 0.717) is 35.3 Å². The molecule has 1 amide bonds. The summed E-state index contributed by atoms with van der Waals surface area (Å²) in [5.74, 6) is 0.479. The van der Waals surface area contributed by atoms with Gasteiger partial charge in [0.1, 0.15) is 5.82 Å². The monoisotopic (exact) mass is 464 g/mol. The largest absolute Gasteiger partial charge is 0.391 e. The SMILES string of the molecule is CC(C)Nc1cc(Nc2ccn3nccc3c2)ncc1-c1nnc(C(=O)N2CC[C@@H](O)C2)s1. The molecule has 170 valence electrons. The topological polar surface area (TPSA) is 121 Å². The molecule has 0 aromatic carbocycles. The van der Waals surface area contributed by atoms with Crippen molar-refractivity contribution in [2.75, 3.05) is 23.7 Å². The number of β-amino-alcohol motifs (C(OH)–C–C–N with tert-alkyl or cyclic N) is 1. The molecule has 1 fully saturated rings. The molecule has 1 aliphatic heterocycles. The van der Waals surface area contributed by atoms with E-state index in [4.69, 9.17) is 0 Å². The summed E-state index contributed by atoms with van der Waals surface area (Å²) in [6.07, 6.45) is 5.50. The average Bonchev–Trinajstić information content (AvgIpc) is 3.53. The van der Waals surface area contributed by atoms with Crippen LogP contribution in [0.4, 0.5) is 17.2 Å². The highest BCUT2D eigenvalue weighted by Crippen LogP contribution is 2.33. The Hall–Kier alpha value is -3.57. The molecule has 11 heteroatoms. The quantitative estimate of drug-likeness (QED) is 0.398. The number of aliphatic hydroxyl groups is 1. The normalized spacial score (nSPS) is 16.0. The number of fused-ring (bicyclic) bond motifs is 1. The van der Waals surface area contributed by atoms with Crippen molar-refractivity contribution in [1.29, 1.82) is 0 Å². The standard InChI is InChI=1S/C22H24N8O2S/c1-13(2)25-18-10-19(26-14-4-8-30-15(9-14)3-6-24-30)23-11-17(18)20-27-28-21(33-20)22(32)29-7-5-16(31)12-29/h3-4,6,8-11,13,16,31H,5,7,12H2,1-2H3,(H2,23,25,26)/t16-/m1/s1. The van der Waals surface area contributed by atoms with Crippen LogP contribution in [0.25, 0.3) is 16.1 Å². The number of amides is 1. The Balaban J connectivity index is 1.41. The molecule has 0 radical (unpaired) electrons. The molecule has 33 heavy (non-hydrogen) atoms. The van der Waals surface area contributed by atoms with Crippen LogP contribution in [0.2, 0.25) is 0 Å². The lowest BCUT2D eigenvalue weighted by molar-refractivity contribution is 0.0763. The molecular weight excluding hydrogens is 440 g/mol. The third-order valence-corrected chi connectivity index (χ3v) is 6.25. The number of hydrogen-bond acceptors (Lipinski definition) is 9. The van der Waals surface area contributed by atoms with Gasteiger partial charge in [0.2, 0.25) is 5.01 Å². The first kappa shape index (κ1) is 21.3. The van der Waals surface area contributed by atoms with Gasteiger partial charge in [-0.3, -0.25) is 4.79 Å². The number of nitrogens with one attached hydrogen (secondary N) is 2. The molecule has 10 nitrogen and oxygen atoms in total. The minimum Gasteiger partial charge on any atom is -0.391 e. The van der Waals surface area contributed by atoms with Crippen LogP contribution in [0.5, 0.6) is 0 Å². The summed E-state index contributed by atoms with van der Waals surface area (Å²) < 4.78 is 1.80. The number of hydrogen-bond donors (Lipinski definition) is 3. The smallest absolute Gasteiger partial charge is 0.284 e. The minimum absolute atomic E-state index is 0.183. The molecule has 3 N–H and O–H groups in total. The molecule has 5 rings (SSSR count). The molecule has 4 aromatic heterocycles. The first-order valence-electron chi connectivity index (χ1n) is 10.7. The summed E-state index contributed by atoms with van der Waals surface area (Å²) in [4.78, 5) is 18.9. The van der Waals surface area contributed by atoms with Gasteiger partial charge in [0.25, 0.3) is 5.91 Å². The van der Waals surface area contributed by atoms with Crippen LogP contribution in [-0.4, -0.2) is 65.9 Å². The summed E-state index contributed by atoms with van der Waals surface area (Å²) in [7, 11) is 0. The zero-order chi connectivity index (χ0) is 22.9. The number of pyridine rings is 2. The van der Waals surface area contributed by atoms with Crippen molar-refractivity contribution >= 4 is 40.0 Å². The van der Waals surface area contributed by atoms with Gasteiger partial charge >= 0.3 is 0 Å². The number of rotatable bonds is 6. The summed E-state index contributed by atoms with van der Waals surface area (Å²) >= 11 is 1.23. The number of carbonyl (C=O) groups is 1. The van der Waals surface area contributed by atoms with Gasteiger partial charge in [-0.25, -0.2) is 9.50 Å². The lowest BCUT2D eigenvalue weighted by Gasteiger charge is -2.15. The zero-order valence-corrected chi connectivity index (χ0v) is 19.1. The van der Waals surface area contributed by atoms with Crippen molar-refractivity contribution in [1.82, 2.24) is 29.7 Å². The highest BCUT2D eigenvalue weighted by Gasteiger charge is 2.28. The van der Waals surface area contributed by atoms with Gasteiger partial charge in [-0.2, -0.15) is 5.10 Å². The fraction of sp³-hybridized carbons (Fsp3) is 0.318. The van der Waals surface area contributed by atoms with Crippen molar-refractivity contribution in [3.05, 3.63) is 47.9 Å². The van der Waals surface area contributed by atoms with Crippen LogP contribution >= 0.6 is 11.3 Å². The van der Waals surface area contributed by atoms with Gasteiger partial charge in [0.15, 0.2) is 5.01 Å². The number of likely N-dealkylation sites (tertiary alicyclic amines) is 1. The Bertz CT molecular complexity index is 1300. The predicted molar refractivity (Wildman–Crippen MR) is 127 cm³/mol. The number of nitrogens with zero attached hydrogens (tertiary/aromatic N) is 6. The molecule has 0 bridgehead atoms. The Morgan fingerprint density at radius 1 is 1.27 bits per heavy atom. The summed E-state index contributed by atoms with van der Waals surface area (Å²) in [5.41, 5.74) is 3.50. The van der Waals surface area contributed by atoms with Crippen LogP contribution < -0.4 is 10.6 Å². The molecule has 1 atom stereocenters. The second-order valence-electron chi connectivity index (χ2n) is 8.26. The summed E-state index contributed by atoms with van der Waals surface area (Å²) in [6, 6.07) is 7.97. The fourth-order valence-corrected chi connectivity index (χ4v) is 4.59. The van der Waals surface area contributed by atoms with E-state index in [-0.39, 0.29) is 11.9 Å². The third-order valence-electron chi connectivity index (χ3n) is 5.31. The number of aliphatic hydroxyl groups excluding tert-OH is 1. The molecule has 5 heterocycles. The van der Waals surface area contributed by atoms with Gasteiger partial charge in [-0.15, -0.1) is 10.2 Å². The maximum atomic E-state index is 12.7. The van der Waals surface area contributed by atoms with E-state index < -0.39 is 6.10 Å². The van der Waals surface area contributed by atoms with Crippen molar-refractivity contribution in [3.63, 3.8) is 0 Å². The van der Waals surface area contributed by atoms with Crippen molar-refractivity contribution in [2.45, 2.75) is 32.4 Å². The Kier molecular flexibility index (Phi) is 5.65. The van der Waals surface area contributed by atoms with E-state index in [2.05, 4.69) is 44.8 Å². The maximum Gasteiger partial charge on any atom is 0.284 e. The van der Waals surface area contributed by atoms with E-state index in [1.165, 1.54) is 11.3 Å². The number of aromatic nitrogens is 5. The minimum atomic E-state index is -0.470. The fourth-order valence-electron chi connectivity index (χ4n) is 3.75. The summed E-state index contributed by atoms with van der Waals surface area (Å²) in [5, 5.41) is 30.0. The first-order valence-corrected chi connectivity index (χ1v) is 11.6. The van der Waals surface area contributed by atoms with Crippen LogP contribution in [0.15, 0.2) is 42.9 Å². The molecule has 4 aromatic rings. The number of carbonyl (C=O) groups excluding carboxylic acids is 1. The second kappa shape index (κ2) is 8.75. The predicted octanol–water partition coefficient (Wildman–Crippen LogP) is 3.02. The number of anilines is 3. The highest BCUT2D eigenvalue weighted by molar-refractivity contribution is 7.16. The molecule has 0 unspecified atom stereocenters. The Labute approximate surface area is 194 Å². The first-order chi connectivity index (χ1) is 16.0. The molecule has 0 spiro atoms. The summed E-state index contributed by atoms with van der Waals surface area (Å²) in [6.45, 7) is 4.97. The molecular formula is C22H24N8O2S. The molecule has 0 saturated carbocycles. The lowest BCUT2D eigenvalue weighted by Crippen LogP contribution is -2.29. The van der Waals surface area contributed by atoms with E-state index in [1.54, 1.807) is 21.8 Å². The molecule has 1 saturated heterocycles. The molecule has 1 aliphatic rings. The van der Waals surface area contributed by atoms with Crippen LogP contribution in [-0.2, 0) is 0 Å². The molecule has 0 aliphatic carbocycles. The zero-order valence-electron chi connectivity index (χ0n) is 18.3.